The molecule has 0 radical (unpaired) electrons. The molecule has 0 amide bonds. The van der Waals surface area contributed by atoms with E-state index in [1.165, 1.54) is 26.8 Å². The molecule has 3 heterocycles. The van der Waals surface area contributed by atoms with Gasteiger partial charge in [0.05, 0.1) is 0 Å². The van der Waals surface area contributed by atoms with E-state index >= 15 is 0 Å². The van der Waals surface area contributed by atoms with Crippen LogP contribution < -0.4 is 9.64 Å². The van der Waals surface area contributed by atoms with Gasteiger partial charge in [0, 0.05) is 6.20 Å². The number of pyridine rings is 1. The third-order valence-electron chi connectivity index (χ3n) is 9.40. The average Bonchev–Trinajstić information content (AvgIpc) is 3.39. The quantitative estimate of drug-likeness (QED) is 0.162. The molecule has 0 N–H and O–H groups in total. The van der Waals surface area contributed by atoms with Crippen molar-refractivity contribution in [1.82, 2.24) is 14.1 Å². The summed E-state index contributed by atoms with van der Waals surface area (Å²) in [5, 5.41) is 0. The van der Waals surface area contributed by atoms with Gasteiger partial charge >= 0.3 is 201 Å². The van der Waals surface area contributed by atoms with Gasteiger partial charge in [0.25, 0.3) is 0 Å². The summed E-state index contributed by atoms with van der Waals surface area (Å²) in [6.07, 6.45) is 2.80. The van der Waals surface area contributed by atoms with Crippen molar-refractivity contribution in [2.45, 2.75) is 71.6 Å². The minimum absolute atomic E-state index is 0.0118. The van der Waals surface area contributed by atoms with Gasteiger partial charge in [-0.1, -0.05) is 59.7 Å². The molecule has 0 fully saturated rings. The molecule has 6 aromatic rings. The number of ether oxygens (including phenoxy) is 1. The van der Waals surface area contributed by atoms with Crippen molar-refractivity contribution >= 4 is 22.5 Å². The summed E-state index contributed by atoms with van der Waals surface area (Å²) in [5.74, 6) is 2.13. The predicted octanol–water partition coefficient (Wildman–Crippen LogP) is 10.4. The number of benzene rings is 4. The second-order valence-corrected chi connectivity index (χ2v) is 16.1. The molecule has 254 valence electrons. The summed E-state index contributed by atoms with van der Waals surface area (Å²) in [5.41, 5.74) is 9.39. The van der Waals surface area contributed by atoms with Crippen LogP contribution in [0.4, 0.5) is 11.5 Å². The molecule has 1 unspecified atom stereocenters. The van der Waals surface area contributed by atoms with Crippen molar-refractivity contribution in [2.75, 3.05) is 11.4 Å². The number of aryl methyl sites for hydroxylation is 2. The molecule has 6 heteroatoms. The van der Waals surface area contributed by atoms with Gasteiger partial charge in [-0.05, 0) is 40.5 Å². The van der Waals surface area contributed by atoms with Crippen LogP contribution in [0.3, 0.4) is 0 Å². The molecular formula is C43H44N4OPt-2. The first-order valence-corrected chi connectivity index (χ1v) is 17.9. The van der Waals surface area contributed by atoms with E-state index in [1.807, 2.05) is 65.4 Å². The van der Waals surface area contributed by atoms with Crippen LogP contribution in [0.25, 0.3) is 16.7 Å². The Kier molecular flexibility index (Phi) is 7.63. The van der Waals surface area contributed by atoms with E-state index in [-0.39, 0.29) is 16.7 Å². The first kappa shape index (κ1) is 29.7. The van der Waals surface area contributed by atoms with Crippen LogP contribution in [0.5, 0.6) is 11.5 Å². The van der Waals surface area contributed by atoms with Gasteiger partial charge in [-0.25, -0.2) is 0 Å². The molecule has 0 saturated heterocycles. The molecule has 1 aliphatic rings. The fourth-order valence-corrected chi connectivity index (χ4v) is 7.44. The van der Waals surface area contributed by atoms with Crippen LogP contribution >= 0.6 is 0 Å². The Morgan fingerprint density at radius 2 is 1.55 bits per heavy atom. The first-order valence-electron chi connectivity index (χ1n) is 18.3. The SMILES string of the molecule is [2H]C([2H])([2H])n1[c](=[Pt])n(-c2[c-]c(Oc3[c-]c4c(cc3)C(c3cc(C(C)(C)C)cc(C(C)(C)C)c3)CCN4c3cc(C)ccn3)ccc2)c2ccccc21. The Morgan fingerprint density at radius 3 is 2.24 bits per heavy atom. The maximum atomic E-state index is 8.20. The second kappa shape index (κ2) is 12.6. The van der Waals surface area contributed by atoms with Crippen molar-refractivity contribution in [1.29, 1.82) is 0 Å². The molecule has 0 saturated carbocycles. The number of hydrogen-bond donors (Lipinski definition) is 0. The number of anilines is 2. The zero-order valence-electron chi connectivity index (χ0n) is 32.2. The summed E-state index contributed by atoms with van der Waals surface area (Å²) >= 11 is 2.08. The number of hydrogen-bond acceptors (Lipinski definition) is 3. The predicted molar refractivity (Wildman–Crippen MR) is 196 cm³/mol. The molecular weight excluding hydrogens is 784 g/mol. The third-order valence-corrected chi connectivity index (χ3v) is 10.4. The van der Waals surface area contributed by atoms with Crippen LogP contribution in [0, 0.1) is 22.9 Å². The molecule has 5 nitrogen and oxygen atoms in total. The molecule has 0 bridgehead atoms. The van der Waals surface area contributed by atoms with Crippen molar-refractivity contribution < 1.29 is 28.2 Å². The number of fused-ring (bicyclic) bond motifs is 2. The van der Waals surface area contributed by atoms with Gasteiger partial charge in [0.15, 0.2) is 0 Å². The molecule has 1 atom stereocenters. The Morgan fingerprint density at radius 1 is 0.837 bits per heavy atom. The number of aromatic nitrogens is 3. The average molecular weight is 831 g/mol. The second-order valence-electron chi connectivity index (χ2n) is 15.1. The monoisotopic (exact) mass is 830 g/mol. The standard InChI is InChI=1S/C43H44N4O.Pt/c1-29-18-20-44-41(22-29)46-21-19-36(30-23-31(42(2,3)4)25-32(24-30)43(5,6)7)37-17-16-35(27-40(37)46)48-34-13-11-12-33(26-34)47-28-45(8)38-14-9-10-15-39(38)47;/h9-18,20,22-25,36H,19,21H2,1-8H3;/q-2;/i8D3;. The van der Waals surface area contributed by atoms with Gasteiger partial charge in [0.2, 0.25) is 0 Å². The third kappa shape index (κ3) is 6.46. The van der Waals surface area contributed by atoms with Crippen LogP contribution in [0.15, 0.2) is 91.1 Å². The van der Waals surface area contributed by atoms with Gasteiger partial charge in [0.1, 0.15) is 0 Å². The topological polar surface area (TPSA) is 35.2 Å². The molecule has 0 spiro atoms. The summed E-state index contributed by atoms with van der Waals surface area (Å²) < 4.78 is 35.0. The Bertz CT molecular complexity index is 2330. The van der Waals surface area contributed by atoms with Crippen molar-refractivity contribution in [3.63, 3.8) is 0 Å². The fraction of sp³-hybridized carbons (Fsp3) is 0.302. The van der Waals surface area contributed by atoms with Gasteiger partial charge in [-0.3, -0.25) is 0 Å². The first-order chi connectivity index (χ1) is 24.5. The Balaban J connectivity index is 1.31. The molecule has 49 heavy (non-hydrogen) atoms. The fourth-order valence-electron chi connectivity index (χ4n) is 6.62. The summed E-state index contributed by atoms with van der Waals surface area (Å²) in [6.45, 7) is 14.2. The molecule has 7 rings (SSSR count). The summed E-state index contributed by atoms with van der Waals surface area (Å²) in [6, 6.07) is 35.7. The summed E-state index contributed by atoms with van der Waals surface area (Å²) in [7, 11) is 0. The number of para-hydroxylation sites is 2. The summed E-state index contributed by atoms with van der Waals surface area (Å²) in [4.78, 5) is 7.03. The van der Waals surface area contributed by atoms with Gasteiger partial charge in [-0.15, -0.1) is 0 Å². The minimum atomic E-state index is -2.34. The normalized spacial score (nSPS) is 16.2. The molecule has 2 aromatic heterocycles. The van der Waals surface area contributed by atoms with Gasteiger partial charge in [-0.2, -0.15) is 0 Å². The van der Waals surface area contributed by atoms with Crippen LogP contribution in [-0.4, -0.2) is 20.7 Å². The Labute approximate surface area is 305 Å². The Hall–Kier alpha value is -4.21. The van der Waals surface area contributed by atoms with Crippen molar-refractivity contribution in [2.24, 2.45) is 6.98 Å². The van der Waals surface area contributed by atoms with Crippen LogP contribution in [-0.2, 0) is 37.2 Å². The van der Waals surface area contributed by atoms with E-state index in [1.54, 1.807) is 0 Å². The van der Waals surface area contributed by atoms with E-state index in [9.17, 15) is 0 Å². The number of rotatable bonds is 5. The van der Waals surface area contributed by atoms with E-state index in [0.717, 1.165) is 35.6 Å². The van der Waals surface area contributed by atoms with Crippen LogP contribution in [0.2, 0.25) is 0 Å². The van der Waals surface area contributed by atoms with E-state index in [4.69, 9.17) is 13.8 Å². The molecule has 1 aliphatic heterocycles. The number of nitrogens with zero attached hydrogens (tertiary/aromatic N) is 4. The van der Waals surface area contributed by atoms with E-state index in [0.29, 0.717) is 26.5 Å². The number of imidazole rings is 1. The van der Waals surface area contributed by atoms with Gasteiger partial charge < -0.3 is 0 Å². The zero-order chi connectivity index (χ0) is 37.2. The van der Waals surface area contributed by atoms with Crippen molar-refractivity contribution in [3.05, 3.63) is 135 Å². The zero-order valence-corrected chi connectivity index (χ0v) is 31.4. The molecule has 4 aromatic carbocycles. The van der Waals surface area contributed by atoms with Crippen LogP contribution in [0.1, 0.15) is 85.8 Å². The van der Waals surface area contributed by atoms with Crippen molar-refractivity contribution in [3.8, 4) is 17.2 Å². The maximum absolute atomic E-state index is 8.20. The van der Waals surface area contributed by atoms with E-state index in [2.05, 4.69) is 115 Å². The molecule has 0 aliphatic carbocycles. The van der Waals surface area contributed by atoms with E-state index < -0.39 is 6.98 Å².